The molecule has 0 bridgehead atoms. The van der Waals surface area contributed by atoms with Crippen LogP contribution in [0, 0.1) is 5.92 Å². The van der Waals surface area contributed by atoms with Crippen LogP contribution < -0.4 is 0 Å². The molecule has 2 fully saturated rings. The molecule has 2 aliphatic heterocycles. The molecule has 0 N–H and O–H groups in total. The van der Waals surface area contributed by atoms with Crippen molar-refractivity contribution in [3.8, 4) is 0 Å². The second-order valence-electron chi connectivity index (χ2n) is 6.32. The molecule has 0 radical (unpaired) electrons. The van der Waals surface area contributed by atoms with Gasteiger partial charge in [0.15, 0.2) is 0 Å². The fourth-order valence-corrected chi connectivity index (χ4v) is 3.72. The van der Waals surface area contributed by atoms with Crippen molar-refractivity contribution >= 4 is 0 Å². The Morgan fingerprint density at radius 1 is 1.28 bits per heavy atom. The Labute approximate surface area is 112 Å². The predicted octanol–water partition coefficient (Wildman–Crippen LogP) is 2.22. The fourth-order valence-electron chi connectivity index (χ4n) is 3.72. The lowest BCUT2D eigenvalue weighted by atomic mass is 9.95. The van der Waals surface area contributed by atoms with Crippen LogP contribution in [-0.4, -0.2) is 61.3 Å². The van der Waals surface area contributed by atoms with Crippen LogP contribution in [0.1, 0.15) is 40.0 Å². The van der Waals surface area contributed by atoms with Gasteiger partial charge in [-0.05, 0) is 31.7 Å². The maximum atomic E-state index is 5.43. The highest BCUT2D eigenvalue weighted by atomic mass is 16.5. The number of hydrogen-bond acceptors (Lipinski definition) is 3. The van der Waals surface area contributed by atoms with Crippen molar-refractivity contribution in [2.24, 2.45) is 5.92 Å². The van der Waals surface area contributed by atoms with Crippen LogP contribution in [0.25, 0.3) is 0 Å². The van der Waals surface area contributed by atoms with Crippen LogP contribution in [0.2, 0.25) is 0 Å². The molecule has 106 valence electrons. The summed E-state index contributed by atoms with van der Waals surface area (Å²) in [5.41, 5.74) is 0. The van der Waals surface area contributed by atoms with Gasteiger partial charge in [-0.1, -0.05) is 20.8 Å². The Morgan fingerprint density at radius 2 is 2.06 bits per heavy atom. The van der Waals surface area contributed by atoms with E-state index < -0.39 is 0 Å². The van der Waals surface area contributed by atoms with Gasteiger partial charge in [0.05, 0.1) is 6.61 Å². The molecule has 3 nitrogen and oxygen atoms in total. The maximum absolute atomic E-state index is 5.43. The average molecular weight is 254 g/mol. The number of nitrogens with zero attached hydrogens (tertiary/aromatic N) is 2. The third kappa shape index (κ3) is 2.89. The van der Waals surface area contributed by atoms with E-state index >= 15 is 0 Å². The van der Waals surface area contributed by atoms with Crippen molar-refractivity contribution in [1.29, 1.82) is 0 Å². The Kier molecular flexibility index (Phi) is 5.05. The van der Waals surface area contributed by atoms with Crippen LogP contribution in [-0.2, 0) is 4.74 Å². The Hall–Kier alpha value is -0.120. The van der Waals surface area contributed by atoms with Gasteiger partial charge < -0.3 is 4.74 Å². The zero-order valence-corrected chi connectivity index (χ0v) is 12.6. The molecule has 2 heterocycles. The average Bonchev–Trinajstić information content (AvgIpc) is 2.81. The molecule has 3 atom stereocenters. The van der Waals surface area contributed by atoms with Gasteiger partial charge in [-0.3, -0.25) is 9.80 Å². The minimum Gasteiger partial charge on any atom is -0.383 e. The highest BCUT2D eigenvalue weighted by Gasteiger charge is 2.39. The van der Waals surface area contributed by atoms with E-state index in [2.05, 4.69) is 30.6 Å². The molecule has 0 aromatic rings. The van der Waals surface area contributed by atoms with E-state index in [0.29, 0.717) is 12.1 Å². The second kappa shape index (κ2) is 6.36. The molecule has 3 unspecified atom stereocenters. The monoisotopic (exact) mass is 254 g/mol. The molecule has 0 aromatic carbocycles. The van der Waals surface area contributed by atoms with Crippen LogP contribution in [0.15, 0.2) is 0 Å². The number of methoxy groups -OCH3 is 1. The van der Waals surface area contributed by atoms with E-state index in [4.69, 9.17) is 4.74 Å². The maximum Gasteiger partial charge on any atom is 0.0618 e. The van der Waals surface area contributed by atoms with Crippen molar-refractivity contribution in [1.82, 2.24) is 9.80 Å². The normalized spacial score (nSPS) is 31.8. The molecule has 18 heavy (non-hydrogen) atoms. The van der Waals surface area contributed by atoms with Crippen LogP contribution >= 0.6 is 0 Å². The molecular weight excluding hydrogens is 224 g/mol. The standard InChI is InChI=1S/C15H30N2O/c1-5-13(11-18-4)17-9-14-7-6-8-16(14)10-15(17)12(2)3/h12-15H,5-11H2,1-4H3. The third-order valence-electron chi connectivity index (χ3n) is 4.84. The zero-order chi connectivity index (χ0) is 13.1. The Bertz CT molecular complexity index is 257. The Morgan fingerprint density at radius 3 is 2.67 bits per heavy atom. The van der Waals surface area contributed by atoms with Gasteiger partial charge in [0.25, 0.3) is 0 Å². The van der Waals surface area contributed by atoms with Crippen molar-refractivity contribution < 1.29 is 4.74 Å². The summed E-state index contributed by atoms with van der Waals surface area (Å²) in [5, 5.41) is 0. The van der Waals surface area contributed by atoms with Crippen molar-refractivity contribution in [2.45, 2.75) is 58.2 Å². The van der Waals surface area contributed by atoms with Crippen molar-refractivity contribution in [3.05, 3.63) is 0 Å². The first kappa shape index (κ1) is 14.3. The summed E-state index contributed by atoms with van der Waals surface area (Å²) in [6, 6.07) is 2.12. The van der Waals surface area contributed by atoms with Gasteiger partial charge >= 0.3 is 0 Å². The summed E-state index contributed by atoms with van der Waals surface area (Å²) in [6.45, 7) is 11.8. The molecule has 2 aliphatic rings. The van der Waals surface area contributed by atoms with Crippen molar-refractivity contribution in [2.75, 3.05) is 33.4 Å². The topological polar surface area (TPSA) is 15.7 Å². The summed E-state index contributed by atoms with van der Waals surface area (Å²) >= 11 is 0. The predicted molar refractivity (Wildman–Crippen MR) is 75.9 cm³/mol. The molecule has 0 saturated carbocycles. The first-order valence-electron chi connectivity index (χ1n) is 7.66. The molecule has 2 saturated heterocycles. The van der Waals surface area contributed by atoms with Crippen molar-refractivity contribution in [3.63, 3.8) is 0 Å². The fraction of sp³-hybridized carbons (Fsp3) is 1.00. The number of hydrogen-bond donors (Lipinski definition) is 0. The number of fused-ring (bicyclic) bond motifs is 1. The molecule has 0 aromatic heterocycles. The molecule has 2 rings (SSSR count). The van der Waals surface area contributed by atoms with Crippen LogP contribution in [0.3, 0.4) is 0 Å². The van der Waals surface area contributed by atoms with E-state index in [0.717, 1.165) is 18.6 Å². The lowest BCUT2D eigenvalue weighted by Gasteiger charge is -2.48. The highest BCUT2D eigenvalue weighted by molar-refractivity contribution is 4.95. The van der Waals surface area contributed by atoms with Gasteiger partial charge in [0.1, 0.15) is 0 Å². The van der Waals surface area contributed by atoms with Gasteiger partial charge in [-0.15, -0.1) is 0 Å². The second-order valence-corrected chi connectivity index (χ2v) is 6.32. The minimum atomic E-state index is 0.602. The number of rotatable bonds is 5. The van der Waals surface area contributed by atoms with Gasteiger partial charge in [0.2, 0.25) is 0 Å². The lowest BCUT2D eigenvalue weighted by Crippen LogP contribution is -2.61. The quantitative estimate of drug-likeness (QED) is 0.748. The van der Waals surface area contributed by atoms with E-state index in [1.807, 2.05) is 7.11 Å². The Balaban J connectivity index is 2.08. The molecule has 0 amide bonds. The molecular formula is C15H30N2O. The number of piperazine rings is 1. The molecule has 3 heteroatoms. The van der Waals surface area contributed by atoms with Crippen LogP contribution in [0.4, 0.5) is 0 Å². The summed E-state index contributed by atoms with van der Waals surface area (Å²) in [7, 11) is 1.83. The first-order valence-corrected chi connectivity index (χ1v) is 7.66. The summed E-state index contributed by atoms with van der Waals surface area (Å²) < 4.78 is 5.43. The van der Waals surface area contributed by atoms with Crippen LogP contribution in [0.5, 0.6) is 0 Å². The first-order chi connectivity index (χ1) is 8.67. The highest BCUT2D eigenvalue weighted by Crippen LogP contribution is 2.29. The summed E-state index contributed by atoms with van der Waals surface area (Å²) in [4.78, 5) is 5.47. The smallest absolute Gasteiger partial charge is 0.0618 e. The van der Waals surface area contributed by atoms with E-state index in [1.165, 1.54) is 38.9 Å². The van der Waals surface area contributed by atoms with E-state index in [9.17, 15) is 0 Å². The van der Waals surface area contributed by atoms with E-state index in [1.54, 1.807) is 0 Å². The zero-order valence-electron chi connectivity index (χ0n) is 12.6. The minimum absolute atomic E-state index is 0.602. The van der Waals surface area contributed by atoms with Gasteiger partial charge in [0, 0.05) is 38.3 Å². The van der Waals surface area contributed by atoms with Gasteiger partial charge in [-0.25, -0.2) is 0 Å². The summed E-state index contributed by atoms with van der Waals surface area (Å²) in [6.07, 6.45) is 3.99. The van der Waals surface area contributed by atoms with E-state index in [-0.39, 0.29) is 0 Å². The molecule has 0 spiro atoms. The number of ether oxygens (including phenoxy) is 1. The summed E-state index contributed by atoms with van der Waals surface area (Å²) in [5.74, 6) is 0.734. The molecule has 0 aliphatic carbocycles. The van der Waals surface area contributed by atoms with Gasteiger partial charge in [-0.2, -0.15) is 0 Å². The largest absolute Gasteiger partial charge is 0.383 e. The SMILES string of the molecule is CCC(COC)N1CC2CCCN2CC1C(C)C. The lowest BCUT2D eigenvalue weighted by molar-refractivity contribution is -0.0233. The third-order valence-corrected chi connectivity index (χ3v) is 4.84.